The highest BCUT2D eigenvalue weighted by Crippen LogP contribution is 2.49. The van der Waals surface area contributed by atoms with Gasteiger partial charge in [0, 0.05) is 36.3 Å². The zero-order chi connectivity index (χ0) is 24.3. The fraction of sp³-hybridized carbons (Fsp3) is 0.444. The van der Waals surface area contributed by atoms with Crippen LogP contribution in [0.25, 0.3) is 11.1 Å². The van der Waals surface area contributed by atoms with E-state index in [1.165, 1.54) is 22.3 Å². The first kappa shape index (κ1) is 22.4. The normalized spacial score (nSPS) is 21.4. The fourth-order valence-corrected chi connectivity index (χ4v) is 6.60. The second kappa shape index (κ2) is 7.58. The third kappa shape index (κ3) is 3.54. The molecule has 0 saturated carbocycles. The van der Waals surface area contributed by atoms with Gasteiger partial charge in [-0.1, -0.05) is 53.7 Å². The first-order valence-electron chi connectivity index (χ1n) is 11.7. The summed E-state index contributed by atoms with van der Waals surface area (Å²) in [5.41, 5.74) is 2.78. The lowest BCUT2D eigenvalue weighted by Crippen LogP contribution is -2.67. The van der Waals surface area contributed by atoms with Crippen molar-refractivity contribution in [1.82, 2.24) is 4.90 Å². The monoisotopic (exact) mass is 462 g/mol. The summed E-state index contributed by atoms with van der Waals surface area (Å²) in [6.45, 7) is 8.14. The molecule has 1 saturated heterocycles. The first-order valence-corrected chi connectivity index (χ1v) is 11.7. The molecule has 5 rings (SSSR count). The number of carboxylic acid groups (broad SMARTS) is 1. The van der Waals surface area contributed by atoms with E-state index in [0.29, 0.717) is 12.8 Å². The number of carbonyl (C=O) groups is 2. The van der Waals surface area contributed by atoms with Gasteiger partial charge in [-0.2, -0.15) is 0 Å². The van der Waals surface area contributed by atoms with E-state index in [1.54, 1.807) is 4.90 Å². The number of hydrogen-bond acceptors (Lipinski definition) is 5. The number of piperidine rings is 1. The number of amides is 1. The molecular weight excluding hydrogens is 432 g/mol. The SMILES string of the molecule is CC1(C)CC2(CC(C(=O)O)=NO2)CC(C)(C)N1C(=O)OCC1c2ccccc2-c2ccccc21. The van der Waals surface area contributed by atoms with Crippen LogP contribution < -0.4 is 0 Å². The molecule has 1 N–H and O–H groups in total. The zero-order valence-electron chi connectivity index (χ0n) is 20.0. The van der Waals surface area contributed by atoms with Crippen molar-refractivity contribution in [3.63, 3.8) is 0 Å². The van der Waals surface area contributed by atoms with Crippen LogP contribution in [0.1, 0.15) is 64.0 Å². The Morgan fingerprint density at radius 1 is 1.00 bits per heavy atom. The minimum atomic E-state index is -1.06. The largest absolute Gasteiger partial charge is 0.477 e. The summed E-state index contributed by atoms with van der Waals surface area (Å²) in [5, 5.41) is 13.2. The Balaban J connectivity index is 1.35. The van der Waals surface area contributed by atoms with Crippen LogP contribution >= 0.6 is 0 Å². The number of ether oxygens (including phenoxy) is 1. The molecule has 2 aliphatic heterocycles. The number of hydrogen-bond donors (Lipinski definition) is 1. The van der Waals surface area contributed by atoms with E-state index in [1.807, 2.05) is 52.0 Å². The Morgan fingerprint density at radius 3 is 2.03 bits per heavy atom. The van der Waals surface area contributed by atoms with Crippen LogP contribution in [-0.4, -0.2) is 51.1 Å². The van der Waals surface area contributed by atoms with Crippen LogP contribution in [0.4, 0.5) is 4.79 Å². The summed E-state index contributed by atoms with van der Waals surface area (Å²) in [6.07, 6.45) is 0.791. The van der Waals surface area contributed by atoms with Gasteiger partial charge >= 0.3 is 12.1 Å². The Morgan fingerprint density at radius 2 is 1.53 bits per heavy atom. The molecule has 2 aromatic carbocycles. The van der Waals surface area contributed by atoms with Crippen molar-refractivity contribution < 1.29 is 24.3 Å². The standard InChI is InChI=1S/C27H30N2O5/c1-25(2)15-27(13-22(23(30)31)28-34-27)16-26(3,4)29(25)24(32)33-14-21-19-11-7-5-9-17(19)18-10-6-8-12-20(18)21/h5-12,21H,13-16H2,1-4H3,(H,30,31). The highest BCUT2D eigenvalue weighted by atomic mass is 16.7. The molecule has 0 aromatic heterocycles. The number of carboxylic acids is 1. The fourth-order valence-electron chi connectivity index (χ4n) is 6.60. The summed E-state index contributed by atoms with van der Waals surface area (Å²) >= 11 is 0. The number of carbonyl (C=O) groups excluding carboxylic acids is 1. The predicted octanol–water partition coefficient (Wildman–Crippen LogP) is 5.19. The molecule has 0 atom stereocenters. The van der Waals surface area contributed by atoms with Crippen molar-refractivity contribution >= 4 is 17.8 Å². The van der Waals surface area contributed by atoms with Crippen molar-refractivity contribution in [2.24, 2.45) is 5.16 Å². The molecule has 0 unspecified atom stereocenters. The second-order valence-corrected chi connectivity index (χ2v) is 10.9. The minimum absolute atomic E-state index is 0.0107. The first-order chi connectivity index (χ1) is 16.0. The number of benzene rings is 2. The summed E-state index contributed by atoms with van der Waals surface area (Å²) in [5.74, 6) is -1.07. The summed E-state index contributed by atoms with van der Waals surface area (Å²) in [7, 11) is 0. The smallest absolute Gasteiger partial charge is 0.410 e. The van der Waals surface area contributed by atoms with Crippen LogP contribution in [-0.2, 0) is 14.4 Å². The third-order valence-electron chi connectivity index (χ3n) is 7.32. The van der Waals surface area contributed by atoms with Crippen LogP contribution in [0.15, 0.2) is 53.7 Å². The number of nitrogens with zero attached hydrogens (tertiary/aromatic N) is 2. The molecule has 0 radical (unpaired) electrons. The molecule has 1 amide bonds. The van der Waals surface area contributed by atoms with E-state index in [9.17, 15) is 14.7 Å². The molecule has 1 spiro atoms. The highest BCUT2D eigenvalue weighted by molar-refractivity contribution is 6.36. The lowest BCUT2D eigenvalue weighted by Gasteiger charge is -2.56. The van der Waals surface area contributed by atoms with Crippen molar-refractivity contribution in [3.8, 4) is 11.1 Å². The number of oxime groups is 1. The summed E-state index contributed by atoms with van der Waals surface area (Å²) < 4.78 is 5.98. The number of likely N-dealkylation sites (tertiary alicyclic amines) is 1. The van der Waals surface area contributed by atoms with E-state index in [0.717, 1.165) is 0 Å². The predicted molar refractivity (Wildman–Crippen MR) is 128 cm³/mol. The van der Waals surface area contributed by atoms with Gasteiger partial charge in [0.15, 0.2) is 5.71 Å². The molecule has 34 heavy (non-hydrogen) atoms. The average molecular weight is 463 g/mol. The van der Waals surface area contributed by atoms with Crippen molar-refractivity contribution in [1.29, 1.82) is 0 Å². The van der Waals surface area contributed by atoms with Crippen LogP contribution in [0.2, 0.25) is 0 Å². The maximum Gasteiger partial charge on any atom is 0.410 e. The van der Waals surface area contributed by atoms with Gasteiger partial charge in [0.1, 0.15) is 12.2 Å². The average Bonchev–Trinajstić information content (AvgIpc) is 3.29. The van der Waals surface area contributed by atoms with E-state index < -0.39 is 22.6 Å². The van der Waals surface area contributed by atoms with Gasteiger partial charge in [-0.3, -0.25) is 4.90 Å². The van der Waals surface area contributed by atoms with E-state index in [2.05, 4.69) is 29.4 Å². The minimum Gasteiger partial charge on any atom is -0.477 e. The van der Waals surface area contributed by atoms with Gasteiger partial charge in [-0.25, -0.2) is 9.59 Å². The molecule has 1 aliphatic carbocycles. The van der Waals surface area contributed by atoms with Crippen molar-refractivity contribution in [2.75, 3.05) is 6.61 Å². The number of rotatable bonds is 3. The van der Waals surface area contributed by atoms with E-state index in [4.69, 9.17) is 9.57 Å². The second-order valence-electron chi connectivity index (χ2n) is 10.9. The Bertz CT molecular complexity index is 1140. The molecule has 3 aliphatic rings. The molecule has 0 bridgehead atoms. The van der Waals surface area contributed by atoms with E-state index >= 15 is 0 Å². The number of aliphatic carboxylic acids is 1. The Hall–Kier alpha value is -3.35. The topological polar surface area (TPSA) is 88.4 Å². The Labute approximate surface area is 199 Å². The maximum absolute atomic E-state index is 13.5. The molecule has 2 aromatic rings. The van der Waals surface area contributed by atoms with Crippen LogP contribution in [0.5, 0.6) is 0 Å². The number of fused-ring (bicyclic) bond motifs is 3. The molecule has 1 fully saturated rings. The van der Waals surface area contributed by atoms with Gasteiger partial charge in [-0.15, -0.1) is 0 Å². The highest BCUT2D eigenvalue weighted by Gasteiger charge is 2.58. The van der Waals surface area contributed by atoms with E-state index in [-0.39, 0.29) is 30.8 Å². The van der Waals surface area contributed by atoms with Gasteiger partial charge in [0.25, 0.3) is 0 Å². The molecule has 7 nitrogen and oxygen atoms in total. The zero-order valence-corrected chi connectivity index (χ0v) is 20.0. The maximum atomic E-state index is 13.5. The van der Waals surface area contributed by atoms with Crippen LogP contribution in [0, 0.1) is 0 Å². The van der Waals surface area contributed by atoms with Crippen molar-refractivity contribution in [2.45, 2.75) is 69.6 Å². The lowest BCUT2D eigenvalue weighted by atomic mass is 9.69. The lowest BCUT2D eigenvalue weighted by molar-refractivity contribution is -0.140. The summed E-state index contributed by atoms with van der Waals surface area (Å²) in [6, 6.07) is 16.5. The molecule has 7 heteroatoms. The molecule has 178 valence electrons. The van der Waals surface area contributed by atoms with Gasteiger partial charge in [0.05, 0.1) is 0 Å². The third-order valence-corrected chi connectivity index (χ3v) is 7.32. The van der Waals surface area contributed by atoms with Crippen molar-refractivity contribution in [3.05, 3.63) is 59.7 Å². The van der Waals surface area contributed by atoms with Crippen LogP contribution in [0.3, 0.4) is 0 Å². The van der Waals surface area contributed by atoms with Gasteiger partial charge in [0.2, 0.25) is 0 Å². The van der Waals surface area contributed by atoms with Gasteiger partial charge in [-0.05, 0) is 49.9 Å². The quantitative estimate of drug-likeness (QED) is 0.678. The van der Waals surface area contributed by atoms with Gasteiger partial charge < -0.3 is 14.7 Å². The Kier molecular flexibility index (Phi) is 5.01. The summed E-state index contributed by atoms with van der Waals surface area (Å²) in [4.78, 5) is 32.4. The molecular formula is C27H30N2O5. The molecule has 2 heterocycles.